The molecule has 2 aromatic rings. The van der Waals surface area contributed by atoms with E-state index in [0.29, 0.717) is 6.54 Å². The summed E-state index contributed by atoms with van der Waals surface area (Å²) < 4.78 is 12.8. The molecule has 0 spiro atoms. The maximum atomic E-state index is 12.8. The third kappa shape index (κ3) is 6.20. The number of carbonyl (C=O) groups is 2. The smallest absolute Gasteiger partial charge is 0.309 e. The number of aryl methyl sites for hydroxylation is 1. The number of halogens is 1. The topological polar surface area (TPSA) is 61.4 Å². The third-order valence-electron chi connectivity index (χ3n) is 3.95. The lowest BCUT2D eigenvalue weighted by Gasteiger charge is -2.12. The van der Waals surface area contributed by atoms with Gasteiger partial charge >= 0.3 is 11.8 Å². The molecule has 0 atom stereocenters. The highest BCUT2D eigenvalue weighted by Gasteiger charge is 2.12. The second kappa shape index (κ2) is 9.56. The van der Waals surface area contributed by atoms with Gasteiger partial charge in [0.25, 0.3) is 0 Å². The lowest BCUT2D eigenvalue weighted by atomic mass is 10.1. The number of nitrogens with zero attached hydrogens (tertiary/aromatic N) is 1. The highest BCUT2D eigenvalue weighted by atomic mass is 19.1. The van der Waals surface area contributed by atoms with Gasteiger partial charge in [0.2, 0.25) is 0 Å². The van der Waals surface area contributed by atoms with Gasteiger partial charge in [0, 0.05) is 32.9 Å². The van der Waals surface area contributed by atoms with E-state index >= 15 is 0 Å². The standard InChI is InChI=1S/C20H24FN3O2/c1-24(2)18-11-7-15(8-12-18)4-3-13-22-19(25)20(26)23-14-16-5-9-17(21)10-6-16/h5-12H,3-4,13-14H2,1-2H3,(H,22,25)(H,23,26). The van der Waals surface area contributed by atoms with Crippen molar-refractivity contribution in [3.63, 3.8) is 0 Å². The molecule has 0 unspecified atom stereocenters. The third-order valence-corrected chi connectivity index (χ3v) is 3.95. The van der Waals surface area contributed by atoms with Gasteiger partial charge in [0.1, 0.15) is 5.82 Å². The van der Waals surface area contributed by atoms with E-state index in [-0.39, 0.29) is 12.4 Å². The van der Waals surface area contributed by atoms with Crippen LogP contribution in [0, 0.1) is 5.82 Å². The fourth-order valence-corrected chi connectivity index (χ4v) is 2.40. The van der Waals surface area contributed by atoms with Gasteiger partial charge in [0.15, 0.2) is 0 Å². The molecule has 2 amide bonds. The molecule has 0 fully saturated rings. The largest absolute Gasteiger partial charge is 0.378 e. The van der Waals surface area contributed by atoms with Gasteiger partial charge in [-0.15, -0.1) is 0 Å². The van der Waals surface area contributed by atoms with Crippen LogP contribution < -0.4 is 15.5 Å². The van der Waals surface area contributed by atoms with Crippen LogP contribution >= 0.6 is 0 Å². The van der Waals surface area contributed by atoms with Gasteiger partial charge < -0.3 is 15.5 Å². The highest BCUT2D eigenvalue weighted by molar-refractivity contribution is 6.35. The molecule has 0 bridgehead atoms. The number of nitrogens with one attached hydrogen (secondary N) is 2. The minimum Gasteiger partial charge on any atom is -0.378 e. The van der Waals surface area contributed by atoms with Crippen LogP contribution in [0.2, 0.25) is 0 Å². The SMILES string of the molecule is CN(C)c1ccc(CCCNC(=O)C(=O)NCc2ccc(F)cc2)cc1. The number of carbonyl (C=O) groups excluding carboxylic acids is 2. The zero-order valence-corrected chi connectivity index (χ0v) is 15.1. The maximum Gasteiger partial charge on any atom is 0.309 e. The number of hydrogen-bond donors (Lipinski definition) is 2. The van der Waals surface area contributed by atoms with Gasteiger partial charge in [0.05, 0.1) is 0 Å². The van der Waals surface area contributed by atoms with Crippen molar-refractivity contribution in [3.8, 4) is 0 Å². The lowest BCUT2D eigenvalue weighted by molar-refractivity contribution is -0.139. The Morgan fingerprint density at radius 2 is 1.46 bits per heavy atom. The molecule has 0 aliphatic rings. The van der Waals surface area contributed by atoms with Crippen LogP contribution in [0.4, 0.5) is 10.1 Å². The molecule has 5 nitrogen and oxygen atoms in total. The molecule has 2 aromatic carbocycles. The van der Waals surface area contributed by atoms with Crippen LogP contribution in [0.3, 0.4) is 0 Å². The van der Waals surface area contributed by atoms with Crippen LogP contribution in [0.1, 0.15) is 17.5 Å². The van der Waals surface area contributed by atoms with Gasteiger partial charge in [-0.05, 0) is 48.2 Å². The van der Waals surface area contributed by atoms with Crippen LogP contribution in [-0.2, 0) is 22.6 Å². The quantitative estimate of drug-likeness (QED) is 0.590. The summed E-state index contributed by atoms with van der Waals surface area (Å²) in [5.41, 5.74) is 3.05. The molecule has 6 heteroatoms. The Bertz CT molecular complexity index is 728. The minimum atomic E-state index is -0.690. The molecular formula is C20H24FN3O2. The Labute approximate surface area is 153 Å². The van der Waals surface area contributed by atoms with E-state index in [1.165, 1.54) is 17.7 Å². The molecule has 0 saturated heterocycles. The first-order valence-corrected chi connectivity index (χ1v) is 8.52. The zero-order chi connectivity index (χ0) is 18.9. The summed E-state index contributed by atoms with van der Waals surface area (Å²) in [6.45, 7) is 0.614. The molecule has 2 rings (SSSR count). The van der Waals surface area contributed by atoms with Crippen molar-refractivity contribution in [2.45, 2.75) is 19.4 Å². The van der Waals surface area contributed by atoms with Crippen LogP contribution in [0.5, 0.6) is 0 Å². The summed E-state index contributed by atoms with van der Waals surface area (Å²) >= 11 is 0. The first-order chi connectivity index (χ1) is 12.5. The van der Waals surface area contributed by atoms with Crippen molar-refractivity contribution < 1.29 is 14.0 Å². The average molecular weight is 357 g/mol. The highest BCUT2D eigenvalue weighted by Crippen LogP contribution is 2.13. The molecule has 138 valence electrons. The first-order valence-electron chi connectivity index (χ1n) is 8.52. The summed E-state index contributed by atoms with van der Waals surface area (Å²) in [4.78, 5) is 25.5. The molecule has 26 heavy (non-hydrogen) atoms. The van der Waals surface area contributed by atoms with Crippen molar-refractivity contribution in [1.82, 2.24) is 10.6 Å². The monoisotopic (exact) mass is 357 g/mol. The fourth-order valence-electron chi connectivity index (χ4n) is 2.40. The van der Waals surface area contributed by atoms with E-state index in [0.717, 1.165) is 24.1 Å². The fraction of sp³-hybridized carbons (Fsp3) is 0.300. The average Bonchev–Trinajstić information content (AvgIpc) is 2.64. The Morgan fingerprint density at radius 1 is 0.885 bits per heavy atom. The van der Waals surface area contributed by atoms with Gasteiger partial charge in [-0.1, -0.05) is 24.3 Å². The Balaban J connectivity index is 1.66. The summed E-state index contributed by atoms with van der Waals surface area (Å²) in [5.74, 6) is -1.69. The summed E-state index contributed by atoms with van der Waals surface area (Å²) in [5, 5.41) is 5.12. The van der Waals surface area contributed by atoms with E-state index in [1.807, 2.05) is 19.0 Å². The number of hydrogen-bond acceptors (Lipinski definition) is 3. The summed E-state index contributed by atoms with van der Waals surface area (Å²) in [7, 11) is 3.98. The van der Waals surface area contributed by atoms with Crippen molar-refractivity contribution in [1.29, 1.82) is 0 Å². The number of benzene rings is 2. The minimum absolute atomic E-state index is 0.185. The normalized spacial score (nSPS) is 10.3. The van der Waals surface area contributed by atoms with Crippen LogP contribution in [-0.4, -0.2) is 32.5 Å². The number of amides is 2. The van der Waals surface area contributed by atoms with E-state index in [4.69, 9.17) is 0 Å². The van der Waals surface area contributed by atoms with E-state index in [2.05, 4.69) is 34.9 Å². The molecular weight excluding hydrogens is 333 g/mol. The maximum absolute atomic E-state index is 12.8. The summed E-state index contributed by atoms with van der Waals surface area (Å²) in [6, 6.07) is 14.0. The van der Waals surface area contributed by atoms with E-state index in [1.54, 1.807) is 12.1 Å². The molecule has 0 aromatic heterocycles. The van der Waals surface area contributed by atoms with Crippen molar-refractivity contribution in [2.24, 2.45) is 0 Å². The first kappa shape index (κ1) is 19.4. The van der Waals surface area contributed by atoms with Crippen LogP contribution in [0.25, 0.3) is 0 Å². The Morgan fingerprint density at radius 3 is 2.08 bits per heavy atom. The number of anilines is 1. The van der Waals surface area contributed by atoms with Gasteiger partial charge in [-0.3, -0.25) is 9.59 Å². The summed E-state index contributed by atoms with van der Waals surface area (Å²) in [6.07, 6.45) is 1.57. The number of rotatable bonds is 7. The molecule has 0 saturated carbocycles. The molecule has 0 heterocycles. The zero-order valence-electron chi connectivity index (χ0n) is 15.1. The molecule has 0 aliphatic heterocycles. The van der Waals surface area contributed by atoms with Gasteiger partial charge in [-0.25, -0.2) is 4.39 Å². The predicted molar refractivity (Wildman–Crippen MR) is 100 cm³/mol. The molecule has 0 radical (unpaired) electrons. The van der Waals surface area contributed by atoms with Crippen molar-refractivity contribution >= 4 is 17.5 Å². The predicted octanol–water partition coefficient (Wildman–Crippen LogP) is 2.26. The van der Waals surface area contributed by atoms with Gasteiger partial charge in [-0.2, -0.15) is 0 Å². The lowest BCUT2D eigenvalue weighted by Crippen LogP contribution is -2.40. The Kier molecular flexibility index (Phi) is 7.14. The second-order valence-electron chi connectivity index (χ2n) is 6.23. The second-order valence-corrected chi connectivity index (χ2v) is 6.23. The van der Waals surface area contributed by atoms with Crippen molar-refractivity contribution in [3.05, 3.63) is 65.5 Å². The van der Waals surface area contributed by atoms with Crippen LogP contribution in [0.15, 0.2) is 48.5 Å². The van der Waals surface area contributed by atoms with E-state index < -0.39 is 11.8 Å². The molecule has 0 aliphatic carbocycles. The van der Waals surface area contributed by atoms with E-state index in [9.17, 15) is 14.0 Å². The Hall–Kier alpha value is -2.89. The molecule has 2 N–H and O–H groups in total. The van der Waals surface area contributed by atoms with Crippen molar-refractivity contribution in [2.75, 3.05) is 25.5 Å².